The number of benzene rings is 2. The number of carbonyl (C=O) groups is 2. The van der Waals surface area contributed by atoms with E-state index in [4.69, 9.17) is 4.74 Å². The number of urea groups is 2. The van der Waals surface area contributed by atoms with Gasteiger partial charge in [0.25, 0.3) is 0 Å². The molecule has 0 radical (unpaired) electrons. The predicted octanol–water partition coefficient (Wildman–Crippen LogP) is 4.35. The van der Waals surface area contributed by atoms with E-state index in [2.05, 4.69) is 25.8 Å². The third-order valence-electron chi connectivity index (χ3n) is 5.61. The second-order valence-corrected chi connectivity index (χ2v) is 8.00. The normalized spacial score (nSPS) is 12.9. The van der Waals surface area contributed by atoms with E-state index in [0.717, 1.165) is 5.69 Å². The summed E-state index contributed by atoms with van der Waals surface area (Å²) in [5, 5.41) is 17.5. The molecule has 3 aromatic rings. The van der Waals surface area contributed by atoms with Crippen molar-refractivity contribution >= 4 is 34.9 Å². The second-order valence-electron chi connectivity index (χ2n) is 8.00. The van der Waals surface area contributed by atoms with E-state index in [1.165, 1.54) is 6.20 Å². The summed E-state index contributed by atoms with van der Waals surface area (Å²) in [7, 11) is 0. The van der Waals surface area contributed by atoms with Gasteiger partial charge in [-0.15, -0.1) is 0 Å². The van der Waals surface area contributed by atoms with Crippen molar-refractivity contribution in [1.29, 1.82) is 5.26 Å². The van der Waals surface area contributed by atoms with E-state index in [1.54, 1.807) is 29.2 Å². The Balaban J connectivity index is 1.27. The van der Waals surface area contributed by atoms with Crippen molar-refractivity contribution in [3.8, 4) is 11.8 Å². The summed E-state index contributed by atoms with van der Waals surface area (Å²) in [6.07, 6.45) is 1.54. The fourth-order valence-corrected chi connectivity index (χ4v) is 3.82. The van der Waals surface area contributed by atoms with Crippen LogP contribution in [0.5, 0.6) is 5.75 Å². The van der Waals surface area contributed by atoms with Crippen LogP contribution in [0.15, 0.2) is 66.9 Å². The maximum absolute atomic E-state index is 12.6. The van der Waals surface area contributed by atoms with Crippen LogP contribution in [0.25, 0.3) is 0 Å². The summed E-state index contributed by atoms with van der Waals surface area (Å²) < 4.78 is 5.46. The number of carbonyl (C=O) groups excluding carboxylic acids is 2. The molecule has 4 amide bonds. The highest BCUT2D eigenvalue weighted by Gasteiger charge is 2.22. The average Bonchev–Trinajstić information content (AvgIpc) is 2.90. The summed E-state index contributed by atoms with van der Waals surface area (Å²) in [6.45, 7) is 4.84. The Morgan fingerprint density at radius 2 is 1.72 bits per heavy atom. The lowest BCUT2D eigenvalue weighted by atomic mass is 10.2. The van der Waals surface area contributed by atoms with Crippen molar-refractivity contribution in [2.45, 2.75) is 6.92 Å². The van der Waals surface area contributed by atoms with Gasteiger partial charge in [-0.2, -0.15) is 5.26 Å². The van der Waals surface area contributed by atoms with Crippen molar-refractivity contribution < 1.29 is 14.3 Å². The lowest BCUT2D eigenvalue weighted by molar-refractivity contribution is 0.208. The Hall–Kier alpha value is -4.78. The van der Waals surface area contributed by atoms with Crippen molar-refractivity contribution in [2.24, 2.45) is 0 Å². The van der Waals surface area contributed by atoms with Gasteiger partial charge in [-0.1, -0.05) is 6.07 Å². The molecule has 2 heterocycles. The topological polar surface area (TPSA) is 123 Å². The van der Waals surface area contributed by atoms with E-state index in [1.807, 2.05) is 49.4 Å². The molecule has 10 nitrogen and oxygen atoms in total. The quantitative estimate of drug-likeness (QED) is 0.477. The number of ether oxygens (including phenoxy) is 1. The highest BCUT2D eigenvalue weighted by molar-refractivity contribution is 6.00. The number of amides is 4. The molecule has 2 aromatic carbocycles. The van der Waals surface area contributed by atoms with Gasteiger partial charge in [0.2, 0.25) is 0 Å². The van der Waals surface area contributed by atoms with Crippen molar-refractivity contribution in [2.75, 3.05) is 53.6 Å². The van der Waals surface area contributed by atoms with Gasteiger partial charge in [0.05, 0.1) is 12.2 Å². The molecule has 1 fully saturated rings. The van der Waals surface area contributed by atoms with Crippen molar-refractivity contribution in [3.63, 3.8) is 0 Å². The largest absolute Gasteiger partial charge is 0.494 e. The van der Waals surface area contributed by atoms with Crippen LogP contribution in [0.2, 0.25) is 0 Å². The van der Waals surface area contributed by atoms with E-state index < -0.39 is 0 Å². The van der Waals surface area contributed by atoms with Gasteiger partial charge in [-0.3, -0.25) is 5.32 Å². The zero-order chi connectivity index (χ0) is 25.3. The number of pyridine rings is 1. The van der Waals surface area contributed by atoms with Crippen molar-refractivity contribution in [3.05, 3.63) is 72.4 Å². The molecule has 1 aliphatic rings. The molecule has 0 saturated carbocycles. The highest BCUT2D eigenvalue weighted by atomic mass is 16.5. The first-order valence-corrected chi connectivity index (χ1v) is 11.6. The third-order valence-corrected chi connectivity index (χ3v) is 5.61. The van der Waals surface area contributed by atoms with Gasteiger partial charge in [-0.05, 0) is 55.5 Å². The molecular formula is C26H27N7O3. The number of anilines is 4. The summed E-state index contributed by atoms with van der Waals surface area (Å²) in [5.74, 6) is 0.961. The zero-order valence-corrected chi connectivity index (χ0v) is 19.9. The zero-order valence-electron chi connectivity index (χ0n) is 19.9. The first kappa shape index (κ1) is 24.3. The summed E-state index contributed by atoms with van der Waals surface area (Å²) in [6, 6.07) is 19.5. The van der Waals surface area contributed by atoms with Gasteiger partial charge >= 0.3 is 12.1 Å². The third kappa shape index (κ3) is 6.21. The van der Waals surface area contributed by atoms with Crippen LogP contribution >= 0.6 is 0 Å². The van der Waals surface area contributed by atoms with Gasteiger partial charge in [0.1, 0.15) is 11.8 Å². The standard InChI is InChI=1S/C26H27N7O3/c1-2-36-23-7-3-6-21(17-23)30-25(34)29-20-8-10-22(11-9-20)32-13-15-33(16-14-32)26(35)31-24-19(18-27)5-4-12-28-24/h3-12,17H,2,13-16H2,1H3,(H,28,31,35)(H2,29,30,34). The van der Waals surface area contributed by atoms with Crippen LogP contribution in [-0.4, -0.2) is 54.7 Å². The molecule has 1 saturated heterocycles. The molecule has 0 aliphatic carbocycles. The van der Waals surface area contributed by atoms with Gasteiger partial charge in [-0.25, -0.2) is 14.6 Å². The monoisotopic (exact) mass is 485 g/mol. The van der Waals surface area contributed by atoms with Crippen molar-refractivity contribution in [1.82, 2.24) is 9.88 Å². The second kappa shape index (κ2) is 11.6. The summed E-state index contributed by atoms with van der Waals surface area (Å²) in [4.78, 5) is 32.9. The molecule has 1 aliphatic heterocycles. The molecular weight excluding hydrogens is 458 g/mol. The molecule has 0 spiro atoms. The Kier molecular flexibility index (Phi) is 7.83. The number of nitriles is 1. The fraction of sp³-hybridized carbons (Fsp3) is 0.231. The fourth-order valence-electron chi connectivity index (χ4n) is 3.82. The first-order valence-electron chi connectivity index (χ1n) is 11.6. The molecule has 0 atom stereocenters. The lowest BCUT2D eigenvalue weighted by Crippen LogP contribution is -2.50. The number of hydrogen-bond acceptors (Lipinski definition) is 6. The van der Waals surface area contributed by atoms with Crippen LogP contribution < -0.4 is 25.6 Å². The Morgan fingerprint density at radius 3 is 2.44 bits per heavy atom. The maximum Gasteiger partial charge on any atom is 0.323 e. The highest BCUT2D eigenvalue weighted by Crippen LogP contribution is 2.21. The lowest BCUT2D eigenvalue weighted by Gasteiger charge is -2.36. The SMILES string of the molecule is CCOc1cccc(NC(=O)Nc2ccc(N3CCN(C(=O)Nc4ncccc4C#N)CC3)cc2)c1. The molecule has 36 heavy (non-hydrogen) atoms. The van der Waals surface area contributed by atoms with Gasteiger partial charge in [0.15, 0.2) is 5.82 Å². The maximum atomic E-state index is 12.6. The molecule has 1 aromatic heterocycles. The van der Waals surface area contributed by atoms with E-state index in [9.17, 15) is 14.9 Å². The van der Waals surface area contributed by atoms with Crippen LogP contribution in [0, 0.1) is 11.3 Å². The predicted molar refractivity (Wildman–Crippen MR) is 138 cm³/mol. The number of hydrogen-bond donors (Lipinski definition) is 3. The molecule has 0 bridgehead atoms. The number of nitrogens with one attached hydrogen (secondary N) is 3. The van der Waals surface area contributed by atoms with E-state index in [-0.39, 0.29) is 17.9 Å². The van der Waals surface area contributed by atoms with Crippen LogP contribution in [0.1, 0.15) is 12.5 Å². The number of rotatable bonds is 6. The number of nitrogens with zero attached hydrogens (tertiary/aromatic N) is 4. The van der Waals surface area contributed by atoms with Gasteiger partial charge < -0.3 is 25.2 Å². The van der Waals surface area contributed by atoms with Gasteiger partial charge in [0, 0.05) is 55.5 Å². The summed E-state index contributed by atoms with van der Waals surface area (Å²) in [5.41, 5.74) is 2.63. The van der Waals surface area contributed by atoms with E-state index in [0.29, 0.717) is 55.5 Å². The first-order chi connectivity index (χ1) is 17.6. The molecule has 10 heteroatoms. The minimum atomic E-state index is -0.344. The Labute approximate surface area is 209 Å². The molecule has 4 rings (SSSR count). The van der Waals surface area contributed by atoms with Crippen LogP contribution in [0.4, 0.5) is 32.5 Å². The number of aromatic nitrogens is 1. The van der Waals surface area contributed by atoms with E-state index >= 15 is 0 Å². The minimum Gasteiger partial charge on any atom is -0.494 e. The van der Waals surface area contributed by atoms with Crippen LogP contribution in [-0.2, 0) is 0 Å². The summed E-state index contributed by atoms with van der Waals surface area (Å²) >= 11 is 0. The average molecular weight is 486 g/mol. The number of piperazine rings is 1. The molecule has 3 N–H and O–H groups in total. The minimum absolute atomic E-state index is 0.265. The Bertz CT molecular complexity index is 1250. The smallest absolute Gasteiger partial charge is 0.323 e. The Morgan fingerprint density at radius 1 is 0.972 bits per heavy atom. The molecule has 0 unspecified atom stereocenters. The molecule has 184 valence electrons. The van der Waals surface area contributed by atoms with Crippen LogP contribution in [0.3, 0.4) is 0 Å².